The summed E-state index contributed by atoms with van der Waals surface area (Å²) in [6, 6.07) is 47.6. The molecule has 1 saturated carbocycles. The van der Waals surface area contributed by atoms with Crippen LogP contribution in [-0.4, -0.2) is 0 Å². The van der Waals surface area contributed by atoms with Gasteiger partial charge in [-0.05, 0) is 0 Å². The van der Waals surface area contributed by atoms with E-state index in [0.29, 0.717) is 0 Å². The summed E-state index contributed by atoms with van der Waals surface area (Å²) in [5.74, 6) is 0. The topological polar surface area (TPSA) is 0 Å². The molecule has 5 aromatic carbocycles. The summed E-state index contributed by atoms with van der Waals surface area (Å²) in [5.41, 5.74) is 6.71. The van der Waals surface area contributed by atoms with Crippen LogP contribution in [0.4, 0.5) is 0 Å². The molecule has 0 spiro atoms. The van der Waals surface area contributed by atoms with E-state index < -0.39 is 7.26 Å². The van der Waals surface area contributed by atoms with E-state index >= 15 is 0 Å². The number of allylic oxidation sites excluding steroid dienone is 7. The second kappa shape index (κ2) is 14.1. The van der Waals surface area contributed by atoms with Crippen LogP contribution in [0.3, 0.4) is 0 Å². The van der Waals surface area contributed by atoms with Crippen LogP contribution in [0.2, 0.25) is 0 Å². The van der Waals surface area contributed by atoms with Crippen LogP contribution >= 0.6 is 18.6 Å². The second-order valence-electron chi connectivity index (χ2n) is 11.9. The zero-order valence-electron chi connectivity index (χ0n) is 26.8. The Morgan fingerprint density at radius 2 is 1.23 bits per heavy atom. The molecule has 1 aliphatic rings. The van der Waals surface area contributed by atoms with E-state index in [1.54, 1.807) is 0 Å². The molecule has 0 saturated heterocycles. The molecule has 0 N–H and O–H groups in total. The predicted molar refractivity (Wildman–Crippen MR) is 206 cm³/mol. The first-order chi connectivity index (χ1) is 23.2. The molecule has 0 atom stereocenters. The zero-order valence-corrected chi connectivity index (χ0v) is 31.0. The average molecular weight is 819 g/mol. The van der Waals surface area contributed by atoms with Crippen molar-refractivity contribution in [2.24, 2.45) is 0 Å². The van der Waals surface area contributed by atoms with Crippen molar-refractivity contribution in [3.8, 4) is 4.37 Å². The first kappa shape index (κ1) is 31.7. The van der Waals surface area contributed by atoms with Gasteiger partial charge in [0.25, 0.3) is 0 Å². The number of fused-ring (bicyclic) bond motifs is 3. The van der Waals surface area contributed by atoms with Gasteiger partial charge in [0.2, 0.25) is 0 Å². The molecule has 1 aromatic heterocycles. The summed E-state index contributed by atoms with van der Waals surface area (Å²) in [4.78, 5) is 0. The summed E-state index contributed by atoms with van der Waals surface area (Å²) >= 11 is 3.75. The molecule has 231 valence electrons. The fraction of sp³-hybridized carbons (Fsp3) is 0.114. The van der Waals surface area contributed by atoms with E-state index in [9.17, 15) is 0 Å². The molecule has 3 heteroatoms. The van der Waals surface area contributed by atoms with Gasteiger partial charge in [0.05, 0.1) is 0 Å². The molecular formula is C44H37OsPS+. The Hall–Kier alpha value is -3.87. The van der Waals surface area contributed by atoms with Crippen LogP contribution in [-0.2, 0) is 17.9 Å². The summed E-state index contributed by atoms with van der Waals surface area (Å²) in [6.45, 7) is 4.28. The van der Waals surface area contributed by atoms with Crippen molar-refractivity contribution in [1.29, 1.82) is 0 Å². The van der Waals surface area contributed by atoms with E-state index in [1.165, 1.54) is 75.7 Å². The summed E-state index contributed by atoms with van der Waals surface area (Å²) < 4.78 is 6.59. The van der Waals surface area contributed by atoms with Crippen LogP contribution < -0.4 is 15.9 Å². The summed E-state index contributed by atoms with van der Waals surface area (Å²) in [6.07, 6.45) is 12.6. The third kappa shape index (κ3) is 5.91. The maximum atomic E-state index is 3.93. The molecule has 0 bridgehead atoms. The molecule has 47 heavy (non-hydrogen) atoms. The number of hydrogen-bond acceptors (Lipinski definition) is 1. The first-order valence-electron chi connectivity index (χ1n) is 16.3. The molecule has 1 heterocycles. The molecule has 1 aliphatic carbocycles. The number of rotatable bonds is 7. The quantitative estimate of drug-likeness (QED) is 0.141. The Balaban J connectivity index is 1.63. The Kier molecular flexibility index (Phi) is 9.50. The molecule has 1 fully saturated rings. The summed E-state index contributed by atoms with van der Waals surface area (Å²) in [5, 5.41) is 7.98. The van der Waals surface area contributed by atoms with Gasteiger partial charge in [-0.15, -0.1) is 0 Å². The van der Waals surface area contributed by atoms with Crippen LogP contribution in [0.15, 0.2) is 162 Å². The Morgan fingerprint density at radius 1 is 0.681 bits per heavy atom. The van der Waals surface area contributed by atoms with Gasteiger partial charge >= 0.3 is 295 Å². The van der Waals surface area contributed by atoms with Gasteiger partial charge < -0.3 is 0 Å². The van der Waals surface area contributed by atoms with E-state index in [-0.39, 0.29) is 0 Å². The fourth-order valence-electron chi connectivity index (χ4n) is 7.08. The molecule has 6 aromatic rings. The minimum absolute atomic E-state index is 1.10. The van der Waals surface area contributed by atoms with Gasteiger partial charge in [-0.2, -0.15) is 0 Å². The van der Waals surface area contributed by atoms with Crippen LogP contribution in [0.25, 0.3) is 31.8 Å². The normalized spacial score (nSPS) is 16.0. The van der Waals surface area contributed by atoms with Crippen LogP contribution in [0.5, 0.6) is 0 Å². The Morgan fingerprint density at radius 3 is 1.79 bits per heavy atom. The van der Waals surface area contributed by atoms with Gasteiger partial charge in [-0.25, -0.2) is 0 Å². The van der Waals surface area contributed by atoms with E-state index in [2.05, 4.69) is 170 Å². The Labute approximate surface area is 293 Å². The van der Waals surface area contributed by atoms with E-state index in [1.807, 2.05) is 29.3 Å². The van der Waals surface area contributed by atoms with Gasteiger partial charge in [0.15, 0.2) is 0 Å². The van der Waals surface area contributed by atoms with Gasteiger partial charge in [-0.3, -0.25) is 0 Å². The van der Waals surface area contributed by atoms with Crippen molar-refractivity contribution in [3.63, 3.8) is 0 Å². The third-order valence-corrected chi connectivity index (χ3v) is 15.8. The van der Waals surface area contributed by atoms with Crippen molar-refractivity contribution in [2.45, 2.75) is 33.1 Å². The first-order valence-corrected chi connectivity index (χ1v) is 20.2. The molecule has 0 aliphatic heterocycles. The molecule has 0 radical (unpaired) electrons. The molecule has 7 rings (SSSR count). The fourth-order valence-corrected chi connectivity index (χ4v) is 14.0. The zero-order chi connectivity index (χ0) is 32.2. The molecular weight excluding hydrogens is 782 g/mol. The standard InChI is InChI=1S/C44H37PS.Os/c1-4-16-33-25-27-43-41(29-33)42-31-36(26-28-44(42)46-43)40(30-35-18-15-17-34(35)5-2)32(3)45(37-19-9-6-10-20-37,38-21-11-7-12-22-38)39-23-13-8-14-24-39;/h4-14,16,19-31H,15,17-18H2,1-2H3;/q+1;/b16-4+,34-5?,35-30?,40-32?;. The minimum atomic E-state index is -2.38. The third-order valence-electron chi connectivity index (χ3n) is 9.24. The number of benzene rings is 5. The van der Waals surface area contributed by atoms with Crippen molar-refractivity contribution in [1.82, 2.24) is 0 Å². The van der Waals surface area contributed by atoms with Crippen molar-refractivity contribution >= 4 is 66.3 Å². The van der Waals surface area contributed by atoms with Crippen molar-refractivity contribution in [3.05, 3.63) is 173 Å². The number of hydrogen-bond donors (Lipinski definition) is 0. The van der Waals surface area contributed by atoms with Crippen LogP contribution in [0, 0.1) is 4.37 Å². The molecule has 0 nitrogen and oxygen atoms in total. The van der Waals surface area contributed by atoms with E-state index in [0.717, 1.165) is 12.8 Å². The van der Waals surface area contributed by atoms with Gasteiger partial charge in [-0.1, -0.05) is 0 Å². The average Bonchev–Trinajstić information content (AvgIpc) is 3.74. The molecule has 0 amide bonds. The molecule has 0 unspecified atom stereocenters. The van der Waals surface area contributed by atoms with E-state index in [4.69, 9.17) is 0 Å². The van der Waals surface area contributed by atoms with Gasteiger partial charge in [0, 0.05) is 0 Å². The Bertz CT molecular complexity index is 2130. The summed E-state index contributed by atoms with van der Waals surface area (Å²) in [7, 11) is -2.38. The number of thiophene rings is 1. The monoisotopic (exact) mass is 820 g/mol. The SMILES string of the molecule is CC=C1CCCC1=CC(=C([C]#[Os])[P+](c1ccccc1)(c1ccccc1)c1ccccc1)c1ccc2sc3ccc(/C=C/C)cc3c2c1. The van der Waals surface area contributed by atoms with Crippen molar-refractivity contribution in [2.75, 3.05) is 0 Å². The van der Waals surface area contributed by atoms with Crippen LogP contribution in [0.1, 0.15) is 44.2 Å². The second-order valence-corrected chi connectivity index (χ2v) is 17.0. The van der Waals surface area contributed by atoms with Gasteiger partial charge in [0.1, 0.15) is 0 Å². The van der Waals surface area contributed by atoms with Crippen molar-refractivity contribution < 1.29 is 17.9 Å². The maximum absolute atomic E-state index is 3.93. The predicted octanol–water partition coefficient (Wildman–Crippen LogP) is 11.4.